The number of fused-ring (bicyclic) bond motifs is 2. The van der Waals surface area contributed by atoms with E-state index in [9.17, 15) is 0 Å². The topological polar surface area (TPSA) is 73.8 Å². The van der Waals surface area contributed by atoms with E-state index in [-0.39, 0.29) is 17.6 Å². The van der Waals surface area contributed by atoms with Crippen LogP contribution in [0, 0.1) is 0 Å². The molecule has 0 atom stereocenters. The predicted octanol–water partition coefficient (Wildman–Crippen LogP) is 9.55. The Morgan fingerprint density at radius 2 is 1.04 bits per heavy atom. The molecule has 0 fully saturated rings. The highest BCUT2D eigenvalue weighted by atomic mass is 16.7. The van der Waals surface area contributed by atoms with Crippen LogP contribution < -0.4 is 14.2 Å². The Balaban J connectivity index is 1.39. The van der Waals surface area contributed by atoms with Gasteiger partial charge in [-0.1, -0.05) is 48.5 Å². The fourth-order valence-corrected chi connectivity index (χ4v) is 6.21. The van der Waals surface area contributed by atoms with Gasteiger partial charge in [0.05, 0.1) is 39.6 Å². The van der Waals surface area contributed by atoms with E-state index >= 15 is 0 Å². The molecule has 274 valence electrons. The maximum absolute atomic E-state index is 6.47. The SMILES string of the molecule is CCc1cc(COCc2cc(C(C)(C)C)cc3c2OC(C)(C)OC3)c(OCOC)c(COCc2cc(C(C)(C)C)cc3c2OC(C)(C)OC3)c1. The van der Waals surface area contributed by atoms with Gasteiger partial charge in [0.1, 0.15) is 17.2 Å². The molecule has 8 heteroatoms. The molecule has 0 saturated heterocycles. The quantitative estimate of drug-likeness (QED) is 0.174. The minimum Gasteiger partial charge on any atom is -0.467 e. The average Bonchev–Trinajstić information content (AvgIpc) is 3.02. The van der Waals surface area contributed by atoms with Crippen LogP contribution in [0.1, 0.15) is 126 Å². The Morgan fingerprint density at radius 1 is 0.620 bits per heavy atom. The van der Waals surface area contributed by atoms with Crippen LogP contribution in [-0.2, 0) is 80.6 Å². The normalized spacial score (nSPS) is 16.6. The van der Waals surface area contributed by atoms with Crippen molar-refractivity contribution in [2.45, 2.75) is 145 Å². The first-order chi connectivity index (χ1) is 23.4. The molecule has 0 spiro atoms. The van der Waals surface area contributed by atoms with E-state index in [2.05, 4.69) is 84.9 Å². The molecule has 0 bridgehead atoms. The van der Waals surface area contributed by atoms with Crippen molar-refractivity contribution in [1.82, 2.24) is 0 Å². The van der Waals surface area contributed by atoms with Gasteiger partial charge >= 0.3 is 0 Å². The van der Waals surface area contributed by atoms with Gasteiger partial charge in [0.25, 0.3) is 0 Å². The molecule has 0 saturated carbocycles. The lowest BCUT2D eigenvalue weighted by atomic mass is 9.84. The van der Waals surface area contributed by atoms with Gasteiger partial charge < -0.3 is 37.9 Å². The number of hydrogen-bond donors (Lipinski definition) is 0. The van der Waals surface area contributed by atoms with Gasteiger partial charge in [-0.15, -0.1) is 0 Å². The van der Waals surface area contributed by atoms with E-state index in [1.807, 2.05) is 27.7 Å². The van der Waals surface area contributed by atoms with Gasteiger partial charge in [-0.2, -0.15) is 0 Å². The predicted molar refractivity (Wildman–Crippen MR) is 195 cm³/mol. The van der Waals surface area contributed by atoms with E-state index < -0.39 is 11.6 Å². The van der Waals surface area contributed by atoms with Gasteiger partial charge in [0, 0.05) is 68.2 Å². The lowest BCUT2D eigenvalue weighted by Crippen LogP contribution is -2.36. The molecule has 0 unspecified atom stereocenters. The van der Waals surface area contributed by atoms with E-state index in [1.165, 1.54) is 16.7 Å². The molecule has 0 radical (unpaired) electrons. The molecule has 0 aliphatic carbocycles. The highest BCUT2D eigenvalue weighted by molar-refractivity contribution is 5.49. The molecule has 2 heterocycles. The molecular formula is C42H58O8. The minimum atomic E-state index is -0.708. The van der Waals surface area contributed by atoms with Gasteiger partial charge in [0.15, 0.2) is 6.79 Å². The van der Waals surface area contributed by atoms with Crippen molar-refractivity contribution in [2.24, 2.45) is 0 Å². The number of rotatable bonds is 12. The summed E-state index contributed by atoms with van der Waals surface area (Å²) in [6.07, 6.45) is 0.860. The van der Waals surface area contributed by atoms with Crippen LogP contribution in [0.5, 0.6) is 17.2 Å². The Bertz CT molecular complexity index is 1540. The summed E-state index contributed by atoms with van der Waals surface area (Å²) < 4.78 is 49.1. The van der Waals surface area contributed by atoms with Crippen molar-refractivity contribution in [2.75, 3.05) is 13.9 Å². The second kappa shape index (κ2) is 14.8. The first kappa shape index (κ1) is 38.1. The van der Waals surface area contributed by atoms with Crippen LogP contribution >= 0.6 is 0 Å². The molecular weight excluding hydrogens is 632 g/mol. The largest absolute Gasteiger partial charge is 0.467 e. The Kier molecular flexibility index (Phi) is 11.3. The zero-order valence-electron chi connectivity index (χ0n) is 32.4. The summed E-state index contributed by atoms with van der Waals surface area (Å²) in [4.78, 5) is 0. The lowest BCUT2D eigenvalue weighted by Gasteiger charge is -2.35. The number of ether oxygens (including phenoxy) is 8. The molecule has 0 amide bonds. The maximum Gasteiger partial charge on any atom is 0.205 e. The van der Waals surface area contributed by atoms with Crippen LogP contribution in [0.3, 0.4) is 0 Å². The minimum absolute atomic E-state index is 0.0360. The highest BCUT2D eigenvalue weighted by Crippen LogP contribution is 2.40. The molecule has 3 aromatic carbocycles. The van der Waals surface area contributed by atoms with E-state index in [0.29, 0.717) is 39.6 Å². The third kappa shape index (κ3) is 9.20. The van der Waals surface area contributed by atoms with Crippen LogP contribution in [0.4, 0.5) is 0 Å². The van der Waals surface area contributed by atoms with Crippen LogP contribution in [0.25, 0.3) is 0 Å². The van der Waals surface area contributed by atoms with Gasteiger partial charge in [-0.25, -0.2) is 0 Å². The van der Waals surface area contributed by atoms with Crippen molar-refractivity contribution in [3.63, 3.8) is 0 Å². The summed E-state index contributed by atoms with van der Waals surface area (Å²) in [7, 11) is 1.62. The van der Waals surface area contributed by atoms with Gasteiger partial charge in [-0.05, 0) is 70.3 Å². The molecule has 0 N–H and O–H groups in total. The second-order valence-electron chi connectivity index (χ2n) is 16.5. The van der Waals surface area contributed by atoms with Crippen LogP contribution in [0.2, 0.25) is 0 Å². The number of hydrogen-bond acceptors (Lipinski definition) is 8. The molecule has 8 nitrogen and oxygen atoms in total. The van der Waals surface area contributed by atoms with Crippen LogP contribution in [0.15, 0.2) is 36.4 Å². The zero-order valence-corrected chi connectivity index (χ0v) is 32.4. The summed E-state index contributed by atoms with van der Waals surface area (Å²) in [5, 5.41) is 0. The van der Waals surface area contributed by atoms with Crippen LogP contribution in [-0.4, -0.2) is 25.5 Å². The Labute approximate surface area is 299 Å². The van der Waals surface area contributed by atoms with E-state index in [1.54, 1.807) is 7.11 Å². The smallest absolute Gasteiger partial charge is 0.205 e. The second-order valence-corrected chi connectivity index (χ2v) is 16.5. The van der Waals surface area contributed by atoms with E-state index in [0.717, 1.165) is 57.1 Å². The summed E-state index contributed by atoms with van der Waals surface area (Å²) >= 11 is 0. The monoisotopic (exact) mass is 690 g/mol. The molecule has 50 heavy (non-hydrogen) atoms. The van der Waals surface area contributed by atoms with Crippen molar-refractivity contribution >= 4 is 0 Å². The lowest BCUT2D eigenvalue weighted by molar-refractivity contribution is -0.181. The fraction of sp³-hybridized carbons (Fsp3) is 0.571. The molecule has 2 aliphatic rings. The highest BCUT2D eigenvalue weighted by Gasteiger charge is 2.32. The fourth-order valence-electron chi connectivity index (χ4n) is 6.21. The van der Waals surface area contributed by atoms with E-state index in [4.69, 9.17) is 37.9 Å². The van der Waals surface area contributed by atoms with Crippen molar-refractivity contribution in [3.8, 4) is 17.2 Å². The van der Waals surface area contributed by atoms with Crippen molar-refractivity contribution in [1.29, 1.82) is 0 Å². The number of methoxy groups -OCH3 is 1. The van der Waals surface area contributed by atoms with Crippen molar-refractivity contribution < 1.29 is 37.9 Å². The maximum atomic E-state index is 6.47. The van der Waals surface area contributed by atoms with Gasteiger partial charge in [-0.3, -0.25) is 0 Å². The average molecular weight is 691 g/mol. The van der Waals surface area contributed by atoms with Gasteiger partial charge in [0.2, 0.25) is 11.6 Å². The summed E-state index contributed by atoms with van der Waals surface area (Å²) in [5.74, 6) is 0.993. The Hall–Kier alpha value is -3.14. The summed E-state index contributed by atoms with van der Waals surface area (Å²) in [6.45, 7) is 25.7. The third-order valence-corrected chi connectivity index (χ3v) is 9.13. The number of aryl methyl sites for hydroxylation is 1. The summed E-state index contributed by atoms with van der Waals surface area (Å²) in [5.41, 5.74) is 9.53. The molecule has 2 aliphatic heterocycles. The molecule has 0 aromatic heterocycles. The molecule has 3 aromatic rings. The van der Waals surface area contributed by atoms with Crippen molar-refractivity contribution in [3.05, 3.63) is 86.5 Å². The third-order valence-electron chi connectivity index (χ3n) is 9.13. The number of benzene rings is 3. The first-order valence-corrected chi connectivity index (χ1v) is 17.8. The summed E-state index contributed by atoms with van der Waals surface area (Å²) in [6, 6.07) is 13.1. The standard InChI is InChI=1S/C42H58O8/c1-13-27-14-28(20-44-22-30-16-34(39(2,3)4)18-32-24-47-41(8,9)49-37(30)32)36(46-26-43-12)29(15-27)21-45-23-31-17-35(40(5,6)7)19-33-25-48-42(10,11)50-38(31)33/h14-19H,13,20-26H2,1-12H3. The Morgan fingerprint density at radius 3 is 1.42 bits per heavy atom. The molecule has 5 rings (SSSR count). The first-order valence-electron chi connectivity index (χ1n) is 17.8. The zero-order chi connectivity index (χ0) is 36.5.